The van der Waals surface area contributed by atoms with Crippen LogP contribution in [0.25, 0.3) is 38.0 Å². The molecule has 0 atom stereocenters. The molecule has 0 aromatic heterocycles. The molecule has 0 amide bonds. The summed E-state index contributed by atoms with van der Waals surface area (Å²) in [5.41, 5.74) is 15.2. The van der Waals surface area contributed by atoms with Crippen LogP contribution in [0.4, 0.5) is 0 Å². The van der Waals surface area contributed by atoms with Crippen LogP contribution < -0.4 is 11.5 Å². The molecule has 0 heterocycles. The van der Waals surface area contributed by atoms with E-state index in [9.17, 15) is 0 Å². The van der Waals surface area contributed by atoms with Crippen LogP contribution in [0.3, 0.4) is 0 Å². The molecule has 30 heavy (non-hydrogen) atoms. The van der Waals surface area contributed by atoms with Crippen molar-refractivity contribution in [3.8, 4) is 6.07 Å². The quantitative estimate of drug-likeness (QED) is 0.244. The standard InChI is InChI=1S/C27H23N3/c1-18(15-19(16-28)17-29)5-2-3-8-25(30)23-13-11-22-10-9-20-6-4-7-21-12-14-24(23)27(22)26(20)21/h2-4,6-16H,5,28,30H2,1H3/b3-2-,18-15+,19-16+,25-8-. The van der Waals surface area contributed by atoms with Crippen LogP contribution in [0.1, 0.15) is 18.9 Å². The molecule has 4 rings (SSSR count). The van der Waals surface area contributed by atoms with Gasteiger partial charge in [0.1, 0.15) is 6.07 Å². The van der Waals surface area contributed by atoms with E-state index in [1.807, 2.05) is 25.2 Å². The number of allylic oxidation sites excluding steroid dienone is 6. The first-order valence-corrected chi connectivity index (χ1v) is 9.90. The van der Waals surface area contributed by atoms with E-state index >= 15 is 0 Å². The molecule has 3 nitrogen and oxygen atoms in total. The molecule has 4 aromatic rings. The molecule has 4 N–H and O–H groups in total. The average molecular weight is 390 g/mol. The fourth-order valence-electron chi connectivity index (χ4n) is 3.94. The van der Waals surface area contributed by atoms with Crippen molar-refractivity contribution in [3.05, 3.63) is 102 Å². The Hall–Kier alpha value is -4.03. The first kappa shape index (κ1) is 19.3. The number of benzene rings is 4. The van der Waals surface area contributed by atoms with Gasteiger partial charge in [-0.3, -0.25) is 0 Å². The smallest absolute Gasteiger partial charge is 0.101 e. The zero-order chi connectivity index (χ0) is 21.1. The van der Waals surface area contributed by atoms with Crippen LogP contribution >= 0.6 is 0 Å². The Morgan fingerprint density at radius 1 is 0.967 bits per heavy atom. The third-order valence-corrected chi connectivity index (χ3v) is 5.40. The molecular weight excluding hydrogens is 366 g/mol. The van der Waals surface area contributed by atoms with E-state index in [4.69, 9.17) is 16.7 Å². The van der Waals surface area contributed by atoms with Crippen molar-refractivity contribution in [1.29, 1.82) is 5.26 Å². The van der Waals surface area contributed by atoms with Gasteiger partial charge < -0.3 is 11.5 Å². The lowest BCUT2D eigenvalue weighted by Gasteiger charge is -2.14. The van der Waals surface area contributed by atoms with E-state index in [0.717, 1.165) is 23.3 Å². The van der Waals surface area contributed by atoms with Crippen LogP contribution in [-0.2, 0) is 0 Å². The maximum atomic E-state index is 8.95. The second-order valence-electron chi connectivity index (χ2n) is 7.45. The summed E-state index contributed by atoms with van der Waals surface area (Å²) in [6.45, 7) is 1.97. The van der Waals surface area contributed by atoms with Gasteiger partial charge in [0.05, 0.1) is 5.57 Å². The number of rotatable bonds is 5. The van der Waals surface area contributed by atoms with Crippen molar-refractivity contribution < 1.29 is 0 Å². The molecule has 4 aromatic carbocycles. The van der Waals surface area contributed by atoms with E-state index < -0.39 is 0 Å². The summed E-state index contributed by atoms with van der Waals surface area (Å²) < 4.78 is 0. The molecule has 0 aliphatic carbocycles. The lowest BCUT2D eigenvalue weighted by molar-refractivity contribution is 1.20. The van der Waals surface area contributed by atoms with Crippen molar-refractivity contribution in [2.45, 2.75) is 13.3 Å². The van der Waals surface area contributed by atoms with Gasteiger partial charge in [0.2, 0.25) is 0 Å². The van der Waals surface area contributed by atoms with Crippen LogP contribution in [0.15, 0.2) is 96.2 Å². The van der Waals surface area contributed by atoms with Gasteiger partial charge in [0.25, 0.3) is 0 Å². The maximum Gasteiger partial charge on any atom is 0.101 e. The van der Waals surface area contributed by atoms with Gasteiger partial charge in [-0.15, -0.1) is 0 Å². The van der Waals surface area contributed by atoms with Gasteiger partial charge in [-0.1, -0.05) is 72.3 Å². The molecule has 0 unspecified atom stereocenters. The Bertz CT molecular complexity index is 1380. The van der Waals surface area contributed by atoms with Gasteiger partial charge in [0, 0.05) is 17.5 Å². The normalized spacial score (nSPS) is 13.7. The second kappa shape index (κ2) is 8.14. The third kappa shape index (κ3) is 3.52. The summed E-state index contributed by atoms with van der Waals surface area (Å²) >= 11 is 0. The Morgan fingerprint density at radius 2 is 1.63 bits per heavy atom. The average Bonchev–Trinajstić information content (AvgIpc) is 2.78. The Kier molecular flexibility index (Phi) is 5.24. The van der Waals surface area contributed by atoms with E-state index in [1.165, 1.54) is 38.5 Å². The van der Waals surface area contributed by atoms with E-state index in [2.05, 4.69) is 60.7 Å². The summed E-state index contributed by atoms with van der Waals surface area (Å²) in [6.07, 6.45) is 9.76. The van der Waals surface area contributed by atoms with E-state index in [1.54, 1.807) is 6.08 Å². The highest BCUT2D eigenvalue weighted by atomic mass is 14.6. The van der Waals surface area contributed by atoms with E-state index in [-0.39, 0.29) is 0 Å². The monoisotopic (exact) mass is 389 g/mol. The number of nitriles is 1. The number of hydrogen-bond acceptors (Lipinski definition) is 3. The lowest BCUT2D eigenvalue weighted by Crippen LogP contribution is -1.97. The summed E-state index contributed by atoms with van der Waals surface area (Å²) in [6, 6.07) is 21.4. The Morgan fingerprint density at radius 3 is 2.33 bits per heavy atom. The van der Waals surface area contributed by atoms with Crippen LogP contribution in [0.5, 0.6) is 0 Å². The first-order chi connectivity index (χ1) is 14.6. The molecule has 3 heteroatoms. The summed E-state index contributed by atoms with van der Waals surface area (Å²) in [4.78, 5) is 0. The molecule has 146 valence electrons. The number of nitrogens with zero attached hydrogens (tertiary/aromatic N) is 1. The molecule has 0 fully saturated rings. The van der Waals surface area contributed by atoms with Crippen LogP contribution in [0, 0.1) is 11.3 Å². The largest absolute Gasteiger partial charge is 0.404 e. The summed E-state index contributed by atoms with van der Waals surface area (Å²) in [5.74, 6) is 0. The highest BCUT2D eigenvalue weighted by molar-refractivity contribution is 6.24. The van der Waals surface area contributed by atoms with Gasteiger partial charge in [-0.2, -0.15) is 5.26 Å². The molecule has 0 bridgehead atoms. The number of hydrogen-bond donors (Lipinski definition) is 2. The van der Waals surface area contributed by atoms with Crippen LogP contribution in [0.2, 0.25) is 0 Å². The molecule has 0 saturated carbocycles. The minimum Gasteiger partial charge on any atom is -0.404 e. The third-order valence-electron chi connectivity index (χ3n) is 5.40. The highest BCUT2D eigenvalue weighted by Crippen LogP contribution is 2.36. The Labute approximate surface area is 176 Å². The van der Waals surface area contributed by atoms with Crippen molar-refractivity contribution in [2.24, 2.45) is 11.5 Å². The molecular formula is C27H23N3. The minimum atomic E-state index is 0.463. The molecule has 0 saturated heterocycles. The Balaban J connectivity index is 1.68. The van der Waals surface area contributed by atoms with E-state index in [0.29, 0.717) is 5.57 Å². The second-order valence-corrected chi connectivity index (χ2v) is 7.45. The fourth-order valence-corrected chi connectivity index (χ4v) is 3.94. The molecule has 0 aliphatic rings. The number of nitrogens with two attached hydrogens (primary N) is 2. The minimum absolute atomic E-state index is 0.463. The zero-order valence-electron chi connectivity index (χ0n) is 16.9. The SMILES string of the molecule is C/C(=C\C(C#N)=C/N)C/C=C\C=C(/N)c1ccc2ccc3cccc4ccc1c2c34. The lowest BCUT2D eigenvalue weighted by atomic mass is 9.91. The van der Waals surface area contributed by atoms with Crippen molar-refractivity contribution in [1.82, 2.24) is 0 Å². The fraction of sp³-hybridized carbons (Fsp3) is 0.0741. The highest BCUT2D eigenvalue weighted by Gasteiger charge is 2.11. The van der Waals surface area contributed by atoms with Crippen molar-refractivity contribution in [3.63, 3.8) is 0 Å². The van der Waals surface area contributed by atoms with Crippen LogP contribution in [-0.4, -0.2) is 0 Å². The van der Waals surface area contributed by atoms with Crippen molar-refractivity contribution in [2.75, 3.05) is 0 Å². The van der Waals surface area contributed by atoms with Gasteiger partial charge in [-0.25, -0.2) is 0 Å². The summed E-state index contributed by atoms with van der Waals surface area (Å²) in [7, 11) is 0. The summed E-state index contributed by atoms with van der Waals surface area (Å²) in [5, 5.41) is 16.4. The van der Waals surface area contributed by atoms with Gasteiger partial charge in [-0.05, 0) is 57.8 Å². The molecule has 0 aliphatic heterocycles. The predicted molar refractivity (Wildman–Crippen MR) is 128 cm³/mol. The van der Waals surface area contributed by atoms with Gasteiger partial charge in [0.15, 0.2) is 0 Å². The first-order valence-electron chi connectivity index (χ1n) is 9.90. The molecule has 0 radical (unpaired) electrons. The maximum absolute atomic E-state index is 8.95. The molecule has 0 spiro atoms. The predicted octanol–water partition coefficient (Wildman–Crippen LogP) is 6.14. The zero-order valence-corrected chi connectivity index (χ0v) is 16.9. The topological polar surface area (TPSA) is 75.8 Å². The van der Waals surface area contributed by atoms with Crippen molar-refractivity contribution >= 4 is 38.0 Å². The van der Waals surface area contributed by atoms with Gasteiger partial charge >= 0.3 is 0 Å².